The number of carbonyl (C=O) groups excluding carboxylic acids is 2. The van der Waals surface area contributed by atoms with Gasteiger partial charge in [-0.3, -0.25) is 19.4 Å². The number of rotatable bonds is 3. The summed E-state index contributed by atoms with van der Waals surface area (Å²) in [4.78, 5) is 47.3. The second-order valence-electron chi connectivity index (χ2n) is 7.74. The molecule has 4 rings (SSSR count). The molecule has 1 fully saturated rings. The Kier molecular flexibility index (Phi) is 5.71. The van der Waals surface area contributed by atoms with Gasteiger partial charge in [-0.15, -0.1) is 0 Å². The molecule has 1 atom stereocenters. The molecule has 2 aliphatic rings. The van der Waals surface area contributed by atoms with Crippen LogP contribution in [0.2, 0.25) is 10.0 Å². The summed E-state index contributed by atoms with van der Waals surface area (Å²) in [6.45, 7) is 3.73. The van der Waals surface area contributed by atoms with Crippen molar-refractivity contribution in [1.29, 1.82) is 0 Å². The van der Waals surface area contributed by atoms with Crippen LogP contribution < -0.4 is 21.1 Å². The Morgan fingerprint density at radius 3 is 2.70 bits per heavy atom. The van der Waals surface area contributed by atoms with Gasteiger partial charge in [-0.2, -0.15) is 4.98 Å². The van der Waals surface area contributed by atoms with Gasteiger partial charge in [0, 0.05) is 24.5 Å². The molecule has 158 valence electrons. The van der Waals surface area contributed by atoms with Crippen LogP contribution in [0.25, 0.3) is 0 Å². The fourth-order valence-electron chi connectivity index (χ4n) is 3.77. The van der Waals surface area contributed by atoms with E-state index in [2.05, 4.69) is 27.5 Å². The van der Waals surface area contributed by atoms with Gasteiger partial charge in [0.15, 0.2) is 0 Å². The van der Waals surface area contributed by atoms with Gasteiger partial charge in [0.1, 0.15) is 5.82 Å². The Morgan fingerprint density at radius 2 is 1.97 bits per heavy atom. The monoisotopic (exact) mass is 449 g/mol. The number of anilines is 3. The lowest BCUT2D eigenvalue weighted by molar-refractivity contribution is -0.123. The van der Waals surface area contributed by atoms with E-state index in [1.165, 1.54) is 6.07 Å². The van der Waals surface area contributed by atoms with Crippen LogP contribution in [0, 0.1) is 5.92 Å². The predicted octanol–water partition coefficient (Wildman–Crippen LogP) is 3.38. The highest BCUT2D eigenvalue weighted by Gasteiger charge is 2.35. The summed E-state index contributed by atoms with van der Waals surface area (Å²) in [5, 5.41) is 6.00. The fourth-order valence-corrected chi connectivity index (χ4v) is 4.10. The Bertz CT molecular complexity index is 1060. The van der Waals surface area contributed by atoms with Crippen LogP contribution in [0.1, 0.15) is 37.7 Å². The van der Waals surface area contributed by atoms with Gasteiger partial charge in [0.05, 0.1) is 22.2 Å². The number of halogens is 2. The molecule has 2 aliphatic heterocycles. The average Bonchev–Trinajstić information content (AvgIpc) is 2.70. The van der Waals surface area contributed by atoms with Gasteiger partial charge in [-0.05, 0) is 37.0 Å². The third kappa shape index (κ3) is 4.15. The lowest BCUT2D eigenvalue weighted by atomic mass is 9.92. The van der Waals surface area contributed by atoms with Gasteiger partial charge in [0.25, 0.3) is 5.56 Å². The van der Waals surface area contributed by atoms with Crippen molar-refractivity contribution in [3.63, 3.8) is 0 Å². The highest BCUT2D eigenvalue weighted by Crippen LogP contribution is 2.32. The summed E-state index contributed by atoms with van der Waals surface area (Å²) in [7, 11) is 0. The standard InChI is InChI=1S/C20H21Cl2N5O3/c1-10-4-6-27(7-5-10)20-25-17-16(19(30)26-20)12(9-15(28)24-17)18(29)23-14-8-11(21)2-3-13(14)22/h2-3,8,10,12H,4-7,9H2,1H3,(H,23,29)(H2,24,25,26,28,30)/t12-/m1/s1. The van der Waals surface area contributed by atoms with E-state index in [1.54, 1.807) is 12.1 Å². The van der Waals surface area contributed by atoms with Gasteiger partial charge >= 0.3 is 0 Å². The average molecular weight is 450 g/mol. The summed E-state index contributed by atoms with van der Waals surface area (Å²) >= 11 is 12.1. The number of aromatic amines is 1. The predicted molar refractivity (Wildman–Crippen MR) is 117 cm³/mol. The van der Waals surface area contributed by atoms with E-state index in [9.17, 15) is 14.4 Å². The van der Waals surface area contributed by atoms with Gasteiger partial charge in [-0.25, -0.2) is 0 Å². The first-order valence-corrected chi connectivity index (χ1v) is 10.5. The molecule has 2 aromatic rings. The number of nitrogens with zero attached hydrogens (tertiary/aromatic N) is 2. The summed E-state index contributed by atoms with van der Waals surface area (Å²) in [6.07, 6.45) is 1.83. The number of aromatic nitrogens is 2. The molecule has 3 N–H and O–H groups in total. The minimum Gasteiger partial charge on any atom is -0.342 e. The number of H-pyrrole nitrogens is 1. The maximum Gasteiger partial charge on any atom is 0.258 e. The summed E-state index contributed by atoms with van der Waals surface area (Å²) in [6, 6.07) is 4.66. The summed E-state index contributed by atoms with van der Waals surface area (Å²) in [5.74, 6) is -0.740. The minimum absolute atomic E-state index is 0.126. The second-order valence-corrected chi connectivity index (χ2v) is 8.58. The Labute approximate surface area is 183 Å². The van der Waals surface area contributed by atoms with Crippen molar-refractivity contribution < 1.29 is 9.59 Å². The first-order valence-electron chi connectivity index (χ1n) is 9.76. The fraction of sp³-hybridized carbons (Fsp3) is 0.400. The van der Waals surface area contributed by atoms with Gasteiger partial charge in [0.2, 0.25) is 17.8 Å². The van der Waals surface area contributed by atoms with E-state index in [1.807, 2.05) is 4.90 Å². The van der Waals surface area contributed by atoms with Crippen molar-refractivity contribution in [2.24, 2.45) is 5.92 Å². The Balaban J connectivity index is 1.64. The number of piperidine rings is 1. The molecule has 0 bridgehead atoms. The normalized spacial score (nSPS) is 19.2. The lowest BCUT2D eigenvalue weighted by Crippen LogP contribution is -2.39. The molecular formula is C20H21Cl2N5O3. The van der Waals surface area contributed by atoms with E-state index in [-0.39, 0.29) is 23.7 Å². The molecule has 0 spiro atoms. The molecule has 1 aromatic heterocycles. The Hall–Kier alpha value is -2.58. The number of nitrogens with one attached hydrogen (secondary N) is 3. The topological polar surface area (TPSA) is 107 Å². The van der Waals surface area contributed by atoms with Gasteiger partial charge in [-0.1, -0.05) is 30.1 Å². The molecule has 2 amide bonds. The van der Waals surface area contributed by atoms with Crippen LogP contribution in [0.5, 0.6) is 0 Å². The molecule has 0 radical (unpaired) electrons. The van der Waals surface area contributed by atoms with E-state index in [0.717, 1.165) is 25.9 Å². The number of amides is 2. The molecule has 8 nitrogen and oxygen atoms in total. The first kappa shape index (κ1) is 20.7. The smallest absolute Gasteiger partial charge is 0.258 e. The molecule has 1 aromatic carbocycles. The van der Waals surface area contributed by atoms with E-state index in [0.29, 0.717) is 27.6 Å². The zero-order chi connectivity index (χ0) is 21.4. The molecule has 1 saturated heterocycles. The largest absolute Gasteiger partial charge is 0.342 e. The van der Waals surface area contributed by atoms with Crippen molar-refractivity contribution in [2.75, 3.05) is 28.6 Å². The first-order chi connectivity index (χ1) is 14.3. The van der Waals surface area contributed by atoms with Crippen LogP contribution in [0.3, 0.4) is 0 Å². The third-order valence-corrected chi connectivity index (χ3v) is 6.09. The van der Waals surface area contributed by atoms with Crippen LogP contribution in [-0.4, -0.2) is 34.9 Å². The van der Waals surface area contributed by atoms with Crippen molar-refractivity contribution >= 4 is 52.5 Å². The molecule has 0 aliphatic carbocycles. The number of hydrogen-bond donors (Lipinski definition) is 3. The highest BCUT2D eigenvalue weighted by molar-refractivity contribution is 6.35. The Morgan fingerprint density at radius 1 is 1.23 bits per heavy atom. The summed E-state index contributed by atoms with van der Waals surface area (Å²) < 4.78 is 0. The van der Waals surface area contributed by atoms with E-state index < -0.39 is 17.4 Å². The highest BCUT2D eigenvalue weighted by atomic mass is 35.5. The number of carbonyl (C=O) groups is 2. The van der Waals surface area contributed by atoms with Crippen LogP contribution in [0.4, 0.5) is 17.5 Å². The van der Waals surface area contributed by atoms with E-state index >= 15 is 0 Å². The zero-order valence-electron chi connectivity index (χ0n) is 16.3. The van der Waals surface area contributed by atoms with E-state index in [4.69, 9.17) is 23.2 Å². The maximum absolute atomic E-state index is 12.9. The lowest BCUT2D eigenvalue weighted by Gasteiger charge is -2.31. The number of hydrogen-bond acceptors (Lipinski definition) is 5. The van der Waals surface area contributed by atoms with Gasteiger partial charge < -0.3 is 15.5 Å². The molecule has 0 saturated carbocycles. The maximum atomic E-state index is 12.9. The van der Waals surface area contributed by atoms with Crippen LogP contribution in [0.15, 0.2) is 23.0 Å². The summed E-state index contributed by atoms with van der Waals surface area (Å²) in [5.41, 5.74) is 0.00971. The second kappa shape index (κ2) is 8.28. The van der Waals surface area contributed by atoms with Crippen molar-refractivity contribution in [2.45, 2.75) is 32.1 Å². The molecule has 0 unspecified atom stereocenters. The zero-order valence-corrected chi connectivity index (χ0v) is 17.8. The minimum atomic E-state index is -0.990. The number of benzene rings is 1. The third-order valence-electron chi connectivity index (χ3n) is 5.52. The molecular weight excluding hydrogens is 429 g/mol. The van der Waals surface area contributed by atoms with Crippen molar-refractivity contribution in [1.82, 2.24) is 9.97 Å². The molecule has 30 heavy (non-hydrogen) atoms. The quantitative estimate of drug-likeness (QED) is 0.665. The van der Waals surface area contributed by atoms with Crippen molar-refractivity contribution in [3.05, 3.63) is 44.2 Å². The molecule has 3 heterocycles. The number of fused-ring (bicyclic) bond motifs is 1. The van der Waals surface area contributed by atoms with Crippen LogP contribution in [-0.2, 0) is 9.59 Å². The molecule has 10 heteroatoms. The van der Waals surface area contributed by atoms with Crippen molar-refractivity contribution in [3.8, 4) is 0 Å². The SMILES string of the molecule is CC1CCN(c2nc3c(c(=O)[nH]2)[C@H](C(=O)Nc2cc(Cl)ccc2Cl)CC(=O)N3)CC1. The van der Waals surface area contributed by atoms with Crippen LogP contribution >= 0.6 is 23.2 Å².